The molecule has 0 aliphatic carbocycles. The molecule has 1 aliphatic rings. The molecule has 154 valence electrons. The molecule has 2 aromatic carbocycles. The maximum absolute atomic E-state index is 12.4. The third-order valence-electron chi connectivity index (χ3n) is 4.77. The Morgan fingerprint density at radius 2 is 1.97 bits per heavy atom. The van der Waals surface area contributed by atoms with Crippen LogP contribution in [0.15, 0.2) is 53.6 Å². The largest absolute Gasteiger partial charge is 0.493 e. The molecule has 29 heavy (non-hydrogen) atoms. The van der Waals surface area contributed by atoms with E-state index in [1.807, 2.05) is 67.5 Å². The number of amides is 1. The van der Waals surface area contributed by atoms with Crippen LogP contribution in [0.25, 0.3) is 0 Å². The molecule has 0 saturated carbocycles. The second kappa shape index (κ2) is 10.0. The zero-order valence-corrected chi connectivity index (χ0v) is 17.2. The van der Waals surface area contributed by atoms with Crippen LogP contribution >= 0.6 is 0 Å². The van der Waals surface area contributed by atoms with Crippen LogP contribution in [0, 0.1) is 0 Å². The van der Waals surface area contributed by atoms with Crippen molar-refractivity contribution in [1.82, 2.24) is 16.3 Å². The van der Waals surface area contributed by atoms with Crippen molar-refractivity contribution in [1.29, 1.82) is 0 Å². The van der Waals surface area contributed by atoms with Crippen molar-refractivity contribution < 1.29 is 9.53 Å². The fraction of sp³-hybridized carbons (Fsp3) is 0.364. The maximum Gasteiger partial charge on any atom is 0.258 e. The Bertz CT molecular complexity index is 835. The molecule has 3 N–H and O–H groups in total. The normalized spacial score (nSPS) is 18.7. The molecule has 7 heteroatoms. The molecule has 1 amide bonds. The number of hydrazone groups is 1. The predicted octanol–water partition coefficient (Wildman–Crippen LogP) is 2.60. The number of rotatable bonds is 8. The van der Waals surface area contributed by atoms with Gasteiger partial charge in [-0.2, -0.15) is 5.10 Å². The number of hydrazine groups is 1. The van der Waals surface area contributed by atoms with Crippen LogP contribution in [0.5, 0.6) is 5.75 Å². The van der Waals surface area contributed by atoms with Crippen LogP contribution in [0.3, 0.4) is 0 Å². The van der Waals surface area contributed by atoms with E-state index in [1.54, 1.807) is 6.21 Å². The number of ether oxygens (including phenoxy) is 1. The second-order valence-corrected chi connectivity index (χ2v) is 7.24. The first-order valence-corrected chi connectivity index (χ1v) is 9.91. The number of benzene rings is 2. The molecule has 1 fully saturated rings. The van der Waals surface area contributed by atoms with Crippen molar-refractivity contribution in [2.24, 2.45) is 5.10 Å². The number of nitrogens with one attached hydrogen (secondary N) is 3. The molecule has 2 aromatic rings. The van der Waals surface area contributed by atoms with Crippen LogP contribution in [0.2, 0.25) is 0 Å². The zero-order valence-electron chi connectivity index (χ0n) is 17.2. The Morgan fingerprint density at radius 1 is 1.21 bits per heavy atom. The van der Waals surface area contributed by atoms with E-state index in [0.29, 0.717) is 13.0 Å². The van der Waals surface area contributed by atoms with Gasteiger partial charge < -0.3 is 9.64 Å². The summed E-state index contributed by atoms with van der Waals surface area (Å²) in [5.74, 6) is 0.682. The van der Waals surface area contributed by atoms with E-state index in [9.17, 15) is 4.79 Å². The topological polar surface area (TPSA) is 78.0 Å². The van der Waals surface area contributed by atoms with Gasteiger partial charge in [-0.25, -0.2) is 16.3 Å². The quantitative estimate of drug-likeness (QED) is 0.473. The molecule has 0 radical (unpaired) electrons. The van der Waals surface area contributed by atoms with Gasteiger partial charge in [0, 0.05) is 25.3 Å². The Balaban J connectivity index is 1.54. The number of anilines is 1. The van der Waals surface area contributed by atoms with Crippen LogP contribution in [0.4, 0.5) is 5.69 Å². The van der Waals surface area contributed by atoms with E-state index >= 15 is 0 Å². The van der Waals surface area contributed by atoms with Gasteiger partial charge in [-0.3, -0.25) is 4.79 Å². The molecule has 1 heterocycles. The summed E-state index contributed by atoms with van der Waals surface area (Å²) in [4.78, 5) is 14.5. The van der Waals surface area contributed by atoms with Crippen molar-refractivity contribution in [3.63, 3.8) is 0 Å². The number of para-hydroxylation sites is 1. The Hall–Kier alpha value is -2.90. The summed E-state index contributed by atoms with van der Waals surface area (Å²) < 4.78 is 5.84. The fourth-order valence-corrected chi connectivity index (χ4v) is 3.15. The lowest BCUT2D eigenvalue weighted by atomic mass is 10.0. The molecule has 0 bridgehead atoms. The molecule has 0 aromatic heterocycles. The molecular weight excluding hydrogens is 366 g/mol. The van der Waals surface area contributed by atoms with E-state index in [1.165, 1.54) is 0 Å². The van der Waals surface area contributed by atoms with Gasteiger partial charge in [0.15, 0.2) is 0 Å². The molecule has 2 atom stereocenters. The van der Waals surface area contributed by atoms with E-state index < -0.39 is 0 Å². The molecule has 1 saturated heterocycles. The highest BCUT2D eigenvalue weighted by molar-refractivity contribution is 5.85. The van der Waals surface area contributed by atoms with Gasteiger partial charge in [0.05, 0.1) is 18.9 Å². The molecule has 3 rings (SSSR count). The maximum atomic E-state index is 12.4. The summed E-state index contributed by atoms with van der Waals surface area (Å²) >= 11 is 0. The van der Waals surface area contributed by atoms with E-state index in [-0.39, 0.29) is 18.0 Å². The predicted molar refractivity (Wildman–Crippen MR) is 116 cm³/mol. The molecule has 7 nitrogen and oxygen atoms in total. The molecule has 0 spiro atoms. The molecule has 1 aliphatic heterocycles. The number of nitrogens with zero attached hydrogens (tertiary/aromatic N) is 2. The Morgan fingerprint density at radius 3 is 2.69 bits per heavy atom. The summed E-state index contributed by atoms with van der Waals surface area (Å²) in [7, 11) is 3.99. The monoisotopic (exact) mass is 395 g/mol. The van der Waals surface area contributed by atoms with Gasteiger partial charge in [-0.15, -0.1) is 0 Å². The summed E-state index contributed by atoms with van der Waals surface area (Å²) in [6.07, 6.45) is 3.21. The summed E-state index contributed by atoms with van der Waals surface area (Å²) in [6, 6.07) is 15.5. The van der Waals surface area contributed by atoms with Crippen LogP contribution in [-0.4, -0.2) is 38.9 Å². The van der Waals surface area contributed by atoms with E-state index in [2.05, 4.69) is 28.3 Å². The first kappa shape index (κ1) is 20.8. The minimum atomic E-state index is -0.368. The van der Waals surface area contributed by atoms with E-state index in [0.717, 1.165) is 29.0 Å². The highest BCUT2D eigenvalue weighted by Gasteiger charge is 2.31. The van der Waals surface area contributed by atoms with Gasteiger partial charge in [0.25, 0.3) is 5.91 Å². The van der Waals surface area contributed by atoms with Crippen molar-refractivity contribution in [3.8, 4) is 5.75 Å². The lowest BCUT2D eigenvalue weighted by molar-refractivity contribution is -0.122. The lowest BCUT2D eigenvalue weighted by Crippen LogP contribution is -2.41. The minimum absolute atomic E-state index is 0.00126. The van der Waals surface area contributed by atoms with Gasteiger partial charge in [-0.1, -0.05) is 37.3 Å². The smallest absolute Gasteiger partial charge is 0.258 e. The minimum Gasteiger partial charge on any atom is -0.493 e. The fourth-order valence-electron chi connectivity index (χ4n) is 3.15. The van der Waals surface area contributed by atoms with Gasteiger partial charge >= 0.3 is 0 Å². The van der Waals surface area contributed by atoms with Crippen LogP contribution < -0.4 is 25.9 Å². The summed E-state index contributed by atoms with van der Waals surface area (Å²) in [6.45, 7) is 2.75. The standard InChI is InChI=1S/C22H29N5O2/c1-4-13-29-21-8-6-5-7-18(21)19-14-20(25-24-19)22(28)26-23-15-16-9-11-17(12-10-16)27(2)3/h5-12,15,19-20,24-25H,4,13-14H2,1-3H3,(H,26,28)/b23-15+. The van der Waals surface area contributed by atoms with Gasteiger partial charge in [-0.05, 0) is 36.6 Å². The van der Waals surface area contributed by atoms with Crippen LogP contribution in [0.1, 0.15) is 36.9 Å². The number of hydrogen-bond donors (Lipinski definition) is 3. The summed E-state index contributed by atoms with van der Waals surface area (Å²) in [5, 5.41) is 4.09. The third kappa shape index (κ3) is 5.56. The zero-order chi connectivity index (χ0) is 20.6. The van der Waals surface area contributed by atoms with Crippen LogP contribution in [-0.2, 0) is 4.79 Å². The average molecular weight is 396 g/mol. The van der Waals surface area contributed by atoms with E-state index in [4.69, 9.17) is 4.74 Å². The number of carbonyl (C=O) groups excluding carboxylic acids is 1. The van der Waals surface area contributed by atoms with Crippen molar-refractivity contribution in [3.05, 3.63) is 59.7 Å². The third-order valence-corrected chi connectivity index (χ3v) is 4.77. The van der Waals surface area contributed by atoms with Crippen molar-refractivity contribution in [2.75, 3.05) is 25.6 Å². The van der Waals surface area contributed by atoms with Crippen molar-refractivity contribution >= 4 is 17.8 Å². The van der Waals surface area contributed by atoms with Gasteiger partial charge in [0.2, 0.25) is 0 Å². The summed E-state index contributed by atoms with van der Waals surface area (Å²) in [5.41, 5.74) is 12.0. The molecule has 2 unspecified atom stereocenters. The Kier molecular flexibility index (Phi) is 7.21. The highest BCUT2D eigenvalue weighted by Crippen LogP contribution is 2.30. The lowest BCUT2D eigenvalue weighted by Gasteiger charge is -2.15. The molecular formula is C22H29N5O2. The highest BCUT2D eigenvalue weighted by atomic mass is 16.5. The first-order valence-electron chi connectivity index (χ1n) is 9.91. The second-order valence-electron chi connectivity index (χ2n) is 7.24. The average Bonchev–Trinajstić information content (AvgIpc) is 3.23. The van der Waals surface area contributed by atoms with Gasteiger partial charge in [0.1, 0.15) is 11.8 Å². The number of hydrogen-bond acceptors (Lipinski definition) is 6. The van der Waals surface area contributed by atoms with Crippen molar-refractivity contribution in [2.45, 2.75) is 31.8 Å². The Labute approximate surface area is 172 Å². The SMILES string of the molecule is CCCOc1ccccc1C1CC(C(=O)N/N=C/c2ccc(N(C)C)cc2)NN1. The first-order chi connectivity index (χ1) is 14.1. The number of carbonyl (C=O) groups is 1.